The number of carbonyl (C=O) groups is 2. The van der Waals surface area contributed by atoms with Gasteiger partial charge >= 0.3 is 12.1 Å². The fourth-order valence-electron chi connectivity index (χ4n) is 7.37. The van der Waals surface area contributed by atoms with Crippen LogP contribution in [0.15, 0.2) is 48.7 Å². The van der Waals surface area contributed by atoms with E-state index in [9.17, 15) is 41.0 Å². The number of carboxylic acids is 1. The van der Waals surface area contributed by atoms with Crippen molar-refractivity contribution in [3.05, 3.63) is 65.4 Å². The maximum Gasteiger partial charge on any atom is 0.403 e. The molecule has 1 amide bonds. The number of rotatable bonds is 11. The molecule has 0 spiro atoms. The van der Waals surface area contributed by atoms with Gasteiger partial charge in [-0.2, -0.15) is 13.2 Å². The summed E-state index contributed by atoms with van der Waals surface area (Å²) in [7, 11) is 0. The normalized spacial score (nSPS) is 21.2. The molecule has 2 N–H and O–H groups in total. The first-order valence-electron chi connectivity index (χ1n) is 16.8. The van der Waals surface area contributed by atoms with Gasteiger partial charge in [-0.15, -0.1) is 0 Å². The van der Waals surface area contributed by atoms with Crippen molar-refractivity contribution in [3.8, 4) is 11.3 Å². The Hall–Kier alpha value is -3.71. The van der Waals surface area contributed by atoms with Crippen molar-refractivity contribution in [2.24, 2.45) is 5.41 Å². The molecule has 3 heterocycles. The summed E-state index contributed by atoms with van der Waals surface area (Å²) < 4.78 is 82.9. The monoisotopic (exact) mass is 690 g/mol. The lowest BCUT2D eigenvalue weighted by atomic mass is 9.76. The number of hydrogen-bond acceptors (Lipinski definition) is 5. The predicted molar refractivity (Wildman–Crippen MR) is 172 cm³/mol. The minimum atomic E-state index is -5.00. The quantitative estimate of drug-likeness (QED) is 0.217. The second-order valence-corrected chi connectivity index (χ2v) is 13.7. The summed E-state index contributed by atoms with van der Waals surface area (Å²) in [5.41, 5.74) is 1.37. The lowest BCUT2D eigenvalue weighted by Crippen LogP contribution is -2.59. The SMILES string of the molecule is O=C(O)[C@H](Cc1cccc2c(-c3ncc(CN4CCC[C@@H](F)C4)cc3C3CC3)cccc12)NC(=O)C1(C(F)(F)F)CCN(CC(F)F)CC1. The number of nitrogens with zero attached hydrogens (tertiary/aromatic N) is 3. The van der Waals surface area contributed by atoms with Gasteiger partial charge in [0.15, 0.2) is 0 Å². The van der Waals surface area contributed by atoms with Crippen molar-refractivity contribution < 1.29 is 41.0 Å². The molecule has 0 unspecified atom stereocenters. The van der Waals surface area contributed by atoms with Crippen molar-refractivity contribution in [1.29, 1.82) is 0 Å². The third kappa shape index (κ3) is 7.72. The van der Waals surface area contributed by atoms with Gasteiger partial charge < -0.3 is 10.4 Å². The zero-order valence-electron chi connectivity index (χ0n) is 27.0. The molecule has 2 saturated heterocycles. The Labute approximate surface area is 280 Å². The smallest absolute Gasteiger partial charge is 0.403 e. The summed E-state index contributed by atoms with van der Waals surface area (Å²) in [6.07, 6.45) is -5.06. The number of benzene rings is 2. The average Bonchev–Trinajstić information content (AvgIpc) is 3.90. The molecule has 264 valence electrons. The summed E-state index contributed by atoms with van der Waals surface area (Å²) in [5, 5.41) is 13.7. The van der Waals surface area contributed by atoms with Crippen LogP contribution in [0.25, 0.3) is 22.0 Å². The fraction of sp³-hybridized carbons (Fsp3) is 0.528. The first kappa shape index (κ1) is 35.1. The number of nitrogens with one attached hydrogen (secondary N) is 1. The van der Waals surface area contributed by atoms with Crippen molar-refractivity contribution in [1.82, 2.24) is 20.1 Å². The molecule has 13 heteroatoms. The molecule has 3 aromatic rings. The van der Waals surface area contributed by atoms with Crippen LogP contribution in [0, 0.1) is 5.41 Å². The van der Waals surface area contributed by atoms with Crippen LogP contribution in [0.4, 0.5) is 26.3 Å². The molecule has 2 atom stereocenters. The Morgan fingerprint density at radius 1 is 1.00 bits per heavy atom. The number of likely N-dealkylation sites (tertiary alicyclic amines) is 2. The minimum Gasteiger partial charge on any atom is -0.480 e. The second-order valence-electron chi connectivity index (χ2n) is 13.7. The molecule has 1 saturated carbocycles. The van der Waals surface area contributed by atoms with Crippen LogP contribution < -0.4 is 5.32 Å². The summed E-state index contributed by atoms with van der Waals surface area (Å²) >= 11 is 0. The lowest BCUT2D eigenvalue weighted by molar-refractivity contribution is -0.233. The highest BCUT2D eigenvalue weighted by Crippen LogP contribution is 2.47. The number of aromatic nitrogens is 1. The van der Waals surface area contributed by atoms with Crippen molar-refractivity contribution in [3.63, 3.8) is 0 Å². The summed E-state index contributed by atoms with van der Waals surface area (Å²) in [5.74, 6) is -2.61. The molecule has 7 nitrogen and oxygen atoms in total. The molecular weight excluding hydrogens is 650 g/mol. The predicted octanol–water partition coefficient (Wildman–Crippen LogP) is 6.73. The Bertz CT molecular complexity index is 1670. The number of alkyl halides is 6. The molecule has 1 aliphatic carbocycles. The fourth-order valence-corrected chi connectivity index (χ4v) is 7.37. The Morgan fingerprint density at radius 2 is 1.71 bits per heavy atom. The van der Waals surface area contributed by atoms with E-state index in [0.29, 0.717) is 36.4 Å². The highest BCUT2D eigenvalue weighted by Gasteiger charge is 2.61. The highest BCUT2D eigenvalue weighted by atomic mass is 19.4. The molecule has 3 aliphatic rings. The maximum absolute atomic E-state index is 14.4. The van der Waals surface area contributed by atoms with Crippen molar-refractivity contribution in [2.45, 2.75) is 82.2 Å². The zero-order chi connectivity index (χ0) is 34.9. The van der Waals surface area contributed by atoms with Gasteiger partial charge in [0.2, 0.25) is 5.91 Å². The lowest BCUT2D eigenvalue weighted by Gasteiger charge is -2.41. The number of fused-ring (bicyclic) bond motifs is 1. The average molecular weight is 691 g/mol. The maximum atomic E-state index is 14.4. The first-order chi connectivity index (χ1) is 23.3. The van der Waals surface area contributed by atoms with E-state index < -0.39 is 61.5 Å². The van der Waals surface area contributed by atoms with Gasteiger partial charge in [0.1, 0.15) is 17.6 Å². The van der Waals surface area contributed by atoms with E-state index in [4.69, 9.17) is 4.98 Å². The van der Waals surface area contributed by atoms with E-state index in [2.05, 4.69) is 16.3 Å². The third-order valence-corrected chi connectivity index (χ3v) is 10.2. The minimum absolute atomic E-state index is 0.277. The number of pyridine rings is 1. The second kappa shape index (κ2) is 14.3. The number of carboxylic acid groups (broad SMARTS) is 1. The third-order valence-electron chi connectivity index (χ3n) is 10.2. The number of carbonyl (C=O) groups excluding carboxylic acids is 1. The van der Waals surface area contributed by atoms with Gasteiger partial charge in [0.05, 0.1) is 12.2 Å². The largest absolute Gasteiger partial charge is 0.480 e. The number of hydrogen-bond donors (Lipinski definition) is 2. The summed E-state index contributed by atoms with van der Waals surface area (Å²) in [6, 6.07) is 11.4. The molecule has 3 fully saturated rings. The van der Waals surface area contributed by atoms with Gasteiger partial charge in [-0.3, -0.25) is 19.6 Å². The Kier molecular flexibility index (Phi) is 10.2. The molecule has 1 aromatic heterocycles. The number of aliphatic carboxylic acids is 1. The molecule has 2 aliphatic heterocycles. The van der Waals surface area contributed by atoms with E-state index in [1.165, 1.54) is 4.90 Å². The van der Waals surface area contributed by atoms with E-state index in [1.54, 1.807) is 18.2 Å². The number of amides is 1. The van der Waals surface area contributed by atoms with Crippen LogP contribution >= 0.6 is 0 Å². The van der Waals surface area contributed by atoms with Crippen LogP contribution in [0.2, 0.25) is 0 Å². The van der Waals surface area contributed by atoms with Crippen LogP contribution in [0.3, 0.4) is 0 Å². The standard InChI is InChI=1S/C36H40F6N4O3/c37-25-5-3-13-46(20-25)19-22-16-29(23-9-10-23)32(43-18-22)28-8-2-6-26-24(4-1-7-27(26)28)17-30(33(47)48)44-34(49)35(36(40,41)42)11-14-45(15-12-35)21-31(38)39/h1-2,4,6-8,16,18,23,25,30-31H,3,5,9-15,17,19-21H2,(H,44,49)(H,47,48)/t25-,30+/m1/s1. The van der Waals surface area contributed by atoms with Crippen LogP contribution in [0.5, 0.6) is 0 Å². The van der Waals surface area contributed by atoms with Crippen LogP contribution in [0.1, 0.15) is 61.1 Å². The summed E-state index contributed by atoms with van der Waals surface area (Å²) in [6.45, 7) is 0.421. The highest BCUT2D eigenvalue weighted by molar-refractivity contribution is 5.99. The van der Waals surface area contributed by atoms with Gasteiger partial charge in [-0.25, -0.2) is 18.0 Å². The molecule has 2 aromatic carbocycles. The van der Waals surface area contributed by atoms with E-state index in [1.807, 2.05) is 24.4 Å². The molecule has 0 radical (unpaired) electrons. The molecule has 49 heavy (non-hydrogen) atoms. The number of piperidine rings is 2. The molecular formula is C36H40F6N4O3. The van der Waals surface area contributed by atoms with Gasteiger partial charge in [0.25, 0.3) is 6.43 Å². The van der Waals surface area contributed by atoms with Crippen LogP contribution in [-0.2, 0) is 22.6 Å². The van der Waals surface area contributed by atoms with Crippen molar-refractivity contribution >= 4 is 22.6 Å². The van der Waals surface area contributed by atoms with Gasteiger partial charge in [0, 0.05) is 31.3 Å². The van der Waals surface area contributed by atoms with E-state index in [-0.39, 0.29) is 19.5 Å². The van der Waals surface area contributed by atoms with Gasteiger partial charge in [-0.05, 0) is 91.5 Å². The van der Waals surface area contributed by atoms with E-state index in [0.717, 1.165) is 53.6 Å². The van der Waals surface area contributed by atoms with E-state index >= 15 is 0 Å². The summed E-state index contributed by atoms with van der Waals surface area (Å²) in [4.78, 5) is 33.8. The molecule has 6 rings (SSSR count). The van der Waals surface area contributed by atoms with Crippen LogP contribution in [-0.4, -0.2) is 89.3 Å². The first-order valence-corrected chi connectivity index (χ1v) is 16.8. The zero-order valence-corrected chi connectivity index (χ0v) is 27.0. The topological polar surface area (TPSA) is 85.8 Å². The number of halogens is 6. The molecule has 0 bridgehead atoms. The van der Waals surface area contributed by atoms with Gasteiger partial charge in [-0.1, -0.05) is 42.5 Å². The van der Waals surface area contributed by atoms with Crippen molar-refractivity contribution in [2.75, 3.05) is 32.7 Å². The Morgan fingerprint density at radius 3 is 2.37 bits per heavy atom. The Balaban J connectivity index is 1.25.